The first kappa shape index (κ1) is 11.8. The van der Waals surface area contributed by atoms with E-state index in [1.807, 2.05) is 0 Å². The zero-order valence-electron chi connectivity index (χ0n) is 7.61. The normalized spacial score (nSPS) is 11.2. The van der Waals surface area contributed by atoms with Gasteiger partial charge in [-0.15, -0.1) is 11.6 Å². The standard InChI is InChI=1S/C9H8Cl2N2O2/c10-5-8(14)15-13-9(12)6-2-1-3-7(11)4-6/h1-4H,5H2,(H2,12,13). The maximum atomic E-state index is 10.7. The molecule has 0 bridgehead atoms. The van der Waals surface area contributed by atoms with E-state index in [1.165, 1.54) is 0 Å². The third kappa shape index (κ3) is 3.77. The molecule has 0 radical (unpaired) electrons. The smallest absolute Gasteiger partial charge is 0.349 e. The molecule has 0 amide bonds. The number of carbonyl (C=O) groups is 1. The SMILES string of the molecule is N/C(=N\OC(=O)CCl)c1cccc(Cl)c1. The molecule has 2 N–H and O–H groups in total. The molecule has 1 aromatic rings. The molecule has 1 rings (SSSR count). The molecule has 4 nitrogen and oxygen atoms in total. The van der Waals surface area contributed by atoms with Crippen molar-refractivity contribution < 1.29 is 9.63 Å². The maximum absolute atomic E-state index is 10.7. The largest absolute Gasteiger partial charge is 0.380 e. The molecule has 0 aromatic heterocycles. The molecule has 1 aromatic carbocycles. The van der Waals surface area contributed by atoms with E-state index in [0.29, 0.717) is 10.6 Å². The van der Waals surface area contributed by atoms with E-state index in [1.54, 1.807) is 24.3 Å². The highest BCUT2D eigenvalue weighted by molar-refractivity contribution is 6.31. The van der Waals surface area contributed by atoms with Gasteiger partial charge >= 0.3 is 5.97 Å². The van der Waals surface area contributed by atoms with Crippen LogP contribution < -0.4 is 5.73 Å². The fraction of sp³-hybridized carbons (Fsp3) is 0.111. The Balaban J connectivity index is 2.75. The molecule has 0 unspecified atom stereocenters. The van der Waals surface area contributed by atoms with Gasteiger partial charge in [0.05, 0.1) is 0 Å². The zero-order valence-corrected chi connectivity index (χ0v) is 9.13. The Bertz CT molecular complexity index is 393. The molecule has 6 heteroatoms. The van der Waals surface area contributed by atoms with Crippen LogP contribution in [0.25, 0.3) is 0 Å². The summed E-state index contributed by atoms with van der Waals surface area (Å²) in [6.45, 7) is 0. The summed E-state index contributed by atoms with van der Waals surface area (Å²) in [6.07, 6.45) is 0. The van der Waals surface area contributed by atoms with E-state index in [0.717, 1.165) is 0 Å². The minimum Gasteiger partial charge on any atom is -0.380 e. The summed E-state index contributed by atoms with van der Waals surface area (Å²) < 4.78 is 0. The van der Waals surface area contributed by atoms with Crippen LogP contribution in [-0.2, 0) is 9.63 Å². The Kier molecular flexibility index (Phi) is 4.39. The van der Waals surface area contributed by atoms with E-state index in [4.69, 9.17) is 28.9 Å². The Morgan fingerprint density at radius 2 is 2.27 bits per heavy atom. The van der Waals surface area contributed by atoms with Gasteiger partial charge in [0.25, 0.3) is 0 Å². The van der Waals surface area contributed by atoms with Crippen molar-refractivity contribution in [3.63, 3.8) is 0 Å². The minimum absolute atomic E-state index is 0.0657. The maximum Gasteiger partial charge on any atom is 0.349 e. The molecule has 0 aliphatic heterocycles. The van der Waals surface area contributed by atoms with Crippen LogP contribution in [0.3, 0.4) is 0 Å². The fourth-order valence-electron chi connectivity index (χ4n) is 0.825. The van der Waals surface area contributed by atoms with Crippen LogP contribution in [0.15, 0.2) is 29.4 Å². The van der Waals surface area contributed by atoms with Gasteiger partial charge in [0.2, 0.25) is 0 Å². The molecule has 0 atom stereocenters. The van der Waals surface area contributed by atoms with Crippen molar-refractivity contribution in [3.05, 3.63) is 34.9 Å². The number of hydrogen-bond acceptors (Lipinski definition) is 3. The van der Waals surface area contributed by atoms with Crippen LogP contribution >= 0.6 is 23.2 Å². The predicted octanol–water partition coefficient (Wildman–Crippen LogP) is 1.74. The van der Waals surface area contributed by atoms with E-state index < -0.39 is 5.97 Å². The molecule has 0 fully saturated rings. The number of alkyl halides is 1. The van der Waals surface area contributed by atoms with Crippen molar-refractivity contribution in [3.8, 4) is 0 Å². The third-order valence-electron chi connectivity index (χ3n) is 1.48. The zero-order chi connectivity index (χ0) is 11.3. The molecular weight excluding hydrogens is 239 g/mol. The fourth-order valence-corrected chi connectivity index (χ4v) is 1.06. The molecule has 0 aliphatic rings. The first-order valence-electron chi connectivity index (χ1n) is 3.98. The average Bonchev–Trinajstić information content (AvgIpc) is 2.25. The molecule has 0 saturated carbocycles. The predicted molar refractivity (Wildman–Crippen MR) is 59.0 cm³/mol. The number of hydrogen-bond donors (Lipinski definition) is 1. The molecule has 15 heavy (non-hydrogen) atoms. The van der Waals surface area contributed by atoms with Crippen LogP contribution in [0.2, 0.25) is 5.02 Å². The number of amidine groups is 1. The lowest BCUT2D eigenvalue weighted by atomic mass is 10.2. The summed E-state index contributed by atoms with van der Waals surface area (Å²) in [5.41, 5.74) is 6.11. The number of nitrogens with zero attached hydrogens (tertiary/aromatic N) is 1. The topological polar surface area (TPSA) is 64.7 Å². The van der Waals surface area contributed by atoms with Crippen molar-refractivity contribution in [2.45, 2.75) is 0 Å². The van der Waals surface area contributed by atoms with Crippen molar-refractivity contribution in [2.75, 3.05) is 5.88 Å². The van der Waals surface area contributed by atoms with Crippen LogP contribution in [-0.4, -0.2) is 17.7 Å². The van der Waals surface area contributed by atoms with Crippen LogP contribution in [0.1, 0.15) is 5.56 Å². The summed E-state index contributed by atoms with van der Waals surface area (Å²) in [5, 5.41) is 3.93. The van der Waals surface area contributed by atoms with Gasteiger partial charge in [-0.1, -0.05) is 28.9 Å². The van der Waals surface area contributed by atoms with E-state index in [9.17, 15) is 4.79 Å². The lowest BCUT2D eigenvalue weighted by Gasteiger charge is -2.00. The van der Waals surface area contributed by atoms with Gasteiger partial charge in [0.15, 0.2) is 5.84 Å². The van der Waals surface area contributed by atoms with E-state index in [-0.39, 0.29) is 11.7 Å². The molecular formula is C9H8Cl2N2O2. The number of nitrogens with two attached hydrogens (primary N) is 1. The summed E-state index contributed by atoms with van der Waals surface area (Å²) >= 11 is 10.9. The number of benzene rings is 1. The second kappa shape index (κ2) is 5.58. The molecule has 0 spiro atoms. The Labute approximate surface area is 96.6 Å². The summed E-state index contributed by atoms with van der Waals surface area (Å²) in [6, 6.07) is 6.71. The Hall–Kier alpha value is -1.26. The molecule has 0 saturated heterocycles. The second-order valence-corrected chi connectivity index (χ2v) is 3.29. The molecule has 0 heterocycles. The lowest BCUT2D eigenvalue weighted by molar-refractivity contribution is -0.140. The van der Waals surface area contributed by atoms with Gasteiger partial charge in [-0.2, -0.15) is 0 Å². The number of halogens is 2. The Morgan fingerprint density at radius 1 is 1.53 bits per heavy atom. The number of carbonyl (C=O) groups excluding carboxylic acids is 1. The first-order valence-corrected chi connectivity index (χ1v) is 4.90. The molecule has 0 aliphatic carbocycles. The Morgan fingerprint density at radius 3 is 2.87 bits per heavy atom. The van der Waals surface area contributed by atoms with Gasteiger partial charge in [-0.05, 0) is 12.1 Å². The number of rotatable bonds is 3. The lowest BCUT2D eigenvalue weighted by Crippen LogP contribution is -2.15. The highest BCUT2D eigenvalue weighted by Gasteiger charge is 2.02. The monoisotopic (exact) mass is 246 g/mol. The second-order valence-electron chi connectivity index (χ2n) is 2.58. The van der Waals surface area contributed by atoms with Crippen LogP contribution in [0.5, 0.6) is 0 Å². The first-order chi connectivity index (χ1) is 7.13. The van der Waals surface area contributed by atoms with E-state index in [2.05, 4.69) is 9.99 Å². The number of oxime groups is 1. The van der Waals surface area contributed by atoms with Crippen LogP contribution in [0.4, 0.5) is 0 Å². The quantitative estimate of drug-likeness (QED) is 0.291. The minimum atomic E-state index is -0.665. The third-order valence-corrected chi connectivity index (χ3v) is 1.93. The summed E-state index contributed by atoms with van der Waals surface area (Å²) in [5.74, 6) is -0.871. The highest BCUT2D eigenvalue weighted by Crippen LogP contribution is 2.10. The van der Waals surface area contributed by atoms with E-state index >= 15 is 0 Å². The van der Waals surface area contributed by atoms with Crippen molar-refractivity contribution >= 4 is 35.0 Å². The van der Waals surface area contributed by atoms with Crippen molar-refractivity contribution in [1.29, 1.82) is 0 Å². The van der Waals surface area contributed by atoms with Gasteiger partial charge in [-0.3, -0.25) is 0 Å². The van der Waals surface area contributed by atoms with Gasteiger partial charge in [-0.25, -0.2) is 4.79 Å². The highest BCUT2D eigenvalue weighted by atomic mass is 35.5. The van der Waals surface area contributed by atoms with Gasteiger partial charge < -0.3 is 10.6 Å². The van der Waals surface area contributed by atoms with Crippen LogP contribution in [0, 0.1) is 0 Å². The molecule has 80 valence electrons. The average molecular weight is 247 g/mol. The van der Waals surface area contributed by atoms with Crippen molar-refractivity contribution in [2.24, 2.45) is 10.9 Å². The van der Waals surface area contributed by atoms with Gasteiger partial charge in [0, 0.05) is 10.6 Å². The summed E-state index contributed by atoms with van der Waals surface area (Å²) in [4.78, 5) is 15.1. The van der Waals surface area contributed by atoms with Crippen molar-refractivity contribution in [1.82, 2.24) is 0 Å². The summed E-state index contributed by atoms with van der Waals surface area (Å²) in [7, 11) is 0. The van der Waals surface area contributed by atoms with Gasteiger partial charge in [0.1, 0.15) is 5.88 Å².